The van der Waals surface area contributed by atoms with Crippen molar-refractivity contribution < 1.29 is 13.9 Å². The Bertz CT molecular complexity index is 644. The lowest BCUT2D eigenvalue weighted by molar-refractivity contribution is 0.0921. The molecule has 0 spiro atoms. The largest absolute Gasteiger partial charge is 0.485 e. The maximum Gasteiger partial charge on any atom is 0.200 e. The van der Waals surface area contributed by atoms with Gasteiger partial charge in [-0.3, -0.25) is 4.79 Å². The fourth-order valence-corrected chi connectivity index (χ4v) is 1.69. The Morgan fingerprint density at radius 1 is 1.20 bits per heavy atom. The molecule has 4 heteroatoms. The van der Waals surface area contributed by atoms with E-state index in [1.165, 1.54) is 18.2 Å². The molecule has 0 aromatic heterocycles. The maximum atomic E-state index is 13.0. The molecule has 0 heterocycles. The maximum absolute atomic E-state index is 13.0. The molecule has 20 heavy (non-hydrogen) atoms. The lowest BCUT2D eigenvalue weighted by Gasteiger charge is -2.06. The van der Waals surface area contributed by atoms with Crippen molar-refractivity contribution in [3.63, 3.8) is 0 Å². The minimum absolute atomic E-state index is 0.152. The predicted molar refractivity (Wildman–Crippen MR) is 72.0 cm³/mol. The zero-order valence-corrected chi connectivity index (χ0v) is 10.7. The third-order valence-electron chi connectivity index (χ3n) is 2.72. The summed E-state index contributed by atoms with van der Waals surface area (Å²) in [5.74, 6) is -0.196. The lowest BCUT2D eigenvalue weighted by atomic mass is 10.1. The molecule has 0 unspecified atom stereocenters. The average Bonchev–Trinajstić information content (AvgIpc) is 2.46. The van der Waals surface area contributed by atoms with Crippen LogP contribution in [0.2, 0.25) is 0 Å². The Morgan fingerprint density at radius 3 is 2.60 bits per heavy atom. The van der Waals surface area contributed by atoms with Crippen molar-refractivity contribution in [3.8, 4) is 11.8 Å². The molecule has 0 aliphatic rings. The van der Waals surface area contributed by atoms with Crippen LogP contribution in [0.4, 0.5) is 4.39 Å². The number of rotatable bonds is 5. The highest BCUT2D eigenvalue weighted by Crippen LogP contribution is 2.13. The minimum Gasteiger partial charge on any atom is -0.485 e. The molecule has 2 aromatic carbocycles. The van der Waals surface area contributed by atoms with Gasteiger partial charge in [-0.15, -0.1) is 0 Å². The van der Waals surface area contributed by atoms with Gasteiger partial charge in [-0.2, -0.15) is 5.26 Å². The fraction of sp³-hybridized carbons (Fsp3) is 0.125. The molecule has 2 aromatic rings. The first-order chi connectivity index (χ1) is 9.69. The monoisotopic (exact) mass is 269 g/mol. The van der Waals surface area contributed by atoms with Crippen LogP contribution in [0.5, 0.6) is 5.75 Å². The normalized spacial score (nSPS) is 9.80. The van der Waals surface area contributed by atoms with Gasteiger partial charge in [-0.1, -0.05) is 24.3 Å². The third kappa shape index (κ3) is 3.66. The highest BCUT2D eigenvalue weighted by molar-refractivity contribution is 5.97. The smallest absolute Gasteiger partial charge is 0.200 e. The number of ether oxygens (including phenoxy) is 1. The number of ketones is 1. The summed E-state index contributed by atoms with van der Waals surface area (Å²) in [7, 11) is 0. The molecule has 3 nitrogen and oxygen atoms in total. The number of Topliss-reactive ketones (excluding diaryl/α,β-unsaturated/α-hetero) is 1. The number of nitriles is 1. The van der Waals surface area contributed by atoms with E-state index in [1.807, 2.05) is 0 Å². The molecule has 2 rings (SSSR count). The summed E-state index contributed by atoms with van der Waals surface area (Å²) < 4.78 is 18.3. The first kappa shape index (κ1) is 13.8. The summed E-state index contributed by atoms with van der Waals surface area (Å²) in [6, 6.07) is 14.5. The number of hydrogen-bond acceptors (Lipinski definition) is 3. The van der Waals surface area contributed by atoms with Crippen molar-refractivity contribution in [1.82, 2.24) is 0 Å². The quantitative estimate of drug-likeness (QED) is 0.783. The molecular formula is C16H12FNO2. The van der Waals surface area contributed by atoms with Crippen molar-refractivity contribution in [2.45, 2.75) is 6.42 Å². The zero-order chi connectivity index (χ0) is 14.4. The average molecular weight is 269 g/mol. The van der Waals surface area contributed by atoms with Crippen molar-refractivity contribution in [2.24, 2.45) is 0 Å². The Hall–Kier alpha value is -2.67. The van der Waals surface area contributed by atoms with E-state index in [2.05, 4.69) is 6.07 Å². The lowest BCUT2D eigenvalue weighted by Crippen LogP contribution is -2.11. The van der Waals surface area contributed by atoms with Crippen molar-refractivity contribution in [1.29, 1.82) is 5.26 Å². The molecule has 0 amide bonds. The Labute approximate surface area is 116 Å². The summed E-state index contributed by atoms with van der Waals surface area (Å²) in [4.78, 5) is 11.8. The second kappa shape index (κ2) is 6.48. The van der Waals surface area contributed by atoms with Crippen LogP contribution in [0.25, 0.3) is 0 Å². The van der Waals surface area contributed by atoms with E-state index in [0.29, 0.717) is 12.2 Å². The molecule has 0 fully saturated rings. The molecule has 0 aliphatic carbocycles. The molecule has 0 N–H and O–H groups in total. The molecule has 0 saturated carbocycles. The van der Waals surface area contributed by atoms with Gasteiger partial charge in [-0.25, -0.2) is 4.39 Å². The van der Waals surface area contributed by atoms with Crippen molar-refractivity contribution in [2.75, 3.05) is 6.61 Å². The predicted octanol–water partition coefficient (Wildman–Crippen LogP) is 3.15. The number of carbonyl (C=O) groups excluding carboxylic acids is 1. The van der Waals surface area contributed by atoms with E-state index in [0.717, 1.165) is 5.56 Å². The summed E-state index contributed by atoms with van der Waals surface area (Å²) in [5, 5.41) is 8.56. The fourth-order valence-electron chi connectivity index (χ4n) is 1.69. The number of carbonyl (C=O) groups is 1. The van der Waals surface area contributed by atoms with E-state index in [4.69, 9.17) is 10.00 Å². The summed E-state index contributed by atoms with van der Waals surface area (Å²) in [6.07, 6.45) is 0.336. The van der Waals surface area contributed by atoms with Crippen molar-refractivity contribution >= 4 is 5.78 Å². The topological polar surface area (TPSA) is 50.1 Å². The van der Waals surface area contributed by atoms with Crippen LogP contribution in [0.15, 0.2) is 48.5 Å². The SMILES string of the molecule is N#CCc1ccc(OCC(=O)c2cccc(F)c2)cc1. The van der Waals surface area contributed by atoms with Gasteiger partial charge in [0.1, 0.15) is 11.6 Å². The Balaban J connectivity index is 1.95. The van der Waals surface area contributed by atoms with Gasteiger partial charge >= 0.3 is 0 Å². The number of halogens is 1. The van der Waals surface area contributed by atoms with E-state index in [9.17, 15) is 9.18 Å². The van der Waals surface area contributed by atoms with Crippen LogP contribution in [0.3, 0.4) is 0 Å². The van der Waals surface area contributed by atoms with Crippen LogP contribution < -0.4 is 4.74 Å². The third-order valence-corrected chi connectivity index (χ3v) is 2.72. The van der Waals surface area contributed by atoms with Gasteiger partial charge in [0.15, 0.2) is 12.4 Å². The highest BCUT2D eigenvalue weighted by Gasteiger charge is 2.07. The van der Waals surface area contributed by atoms with Gasteiger partial charge in [0, 0.05) is 5.56 Å². The molecule has 0 bridgehead atoms. The van der Waals surface area contributed by atoms with Crippen LogP contribution in [-0.2, 0) is 6.42 Å². The molecule has 0 aliphatic heterocycles. The first-order valence-corrected chi connectivity index (χ1v) is 6.06. The summed E-state index contributed by atoms with van der Waals surface area (Å²) in [5.41, 5.74) is 1.17. The molecular weight excluding hydrogens is 257 g/mol. The second-order valence-electron chi connectivity index (χ2n) is 4.20. The highest BCUT2D eigenvalue weighted by atomic mass is 19.1. The zero-order valence-electron chi connectivity index (χ0n) is 10.7. The number of benzene rings is 2. The standard InChI is InChI=1S/C16H12FNO2/c17-14-3-1-2-13(10-14)16(19)11-20-15-6-4-12(5-7-15)8-9-18/h1-7,10H,8,11H2. The molecule has 0 radical (unpaired) electrons. The Kier molecular flexibility index (Phi) is 4.46. The minimum atomic E-state index is -0.447. The van der Waals surface area contributed by atoms with E-state index < -0.39 is 5.82 Å². The molecule has 100 valence electrons. The second-order valence-corrected chi connectivity index (χ2v) is 4.20. The van der Waals surface area contributed by atoms with E-state index >= 15 is 0 Å². The van der Waals surface area contributed by atoms with E-state index in [-0.39, 0.29) is 18.0 Å². The molecule has 0 atom stereocenters. The van der Waals surface area contributed by atoms with Crippen LogP contribution in [0.1, 0.15) is 15.9 Å². The number of nitrogens with zero attached hydrogens (tertiary/aromatic N) is 1. The van der Waals surface area contributed by atoms with E-state index in [1.54, 1.807) is 30.3 Å². The first-order valence-electron chi connectivity index (χ1n) is 6.06. The van der Waals surface area contributed by atoms with Crippen molar-refractivity contribution in [3.05, 3.63) is 65.5 Å². The summed E-state index contributed by atoms with van der Waals surface area (Å²) >= 11 is 0. The van der Waals surface area contributed by atoms with Gasteiger partial charge in [0.25, 0.3) is 0 Å². The van der Waals surface area contributed by atoms with Crippen LogP contribution in [-0.4, -0.2) is 12.4 Å². The van der Waals surface area contributed by atoms with Gasteiger partial charge in [0.05, 0.1) is 12.5 Å². The molecule has 0 saturated heterocycles. The van der Waals surface area contributed by atoms with Gasteiger partial charge < -0.3 is 4.74 Å². The Morgan fingerprint density at radius 2 is 1.95 bits per heavy atom. The van der Waals surface area contributed by atoms with Crippen LogP contribution >= 0.6 is 0 Å². The van der Waals surface area contributed by atoms with Crippen LogP contribution in [0, 0.1) is 17.1 Å². The van der Waals surface area contributed by atoms with Gasteiger partial charge in [0.2, 0.25) is 0 Å². The summed E-state index contributed by atoms with van der Waals surface area (Å²) in [6.45, 7) is -0.152. The number of hydrogen-bond donors (Lipinski definition) is 0. The van der Waals surface area contributed by atoms with Gasteiger partial charge in [-0.05, 0) is 29.8 Å².